The summed E-state index contributed by atoms with van der Waals surface area (Å²) in [6.07, 6.45) is 6.24. The van der Waals surface area contributed by atoms with Crippen LogP contribution in [0.25, 0.3) is 0 Å². The minimum Gasteiger partial charge on any atom is -0.508 e. The van der Waals surface area contributed by atoms with Gasteiger partial charge in [-0.05, 0) is 37.0 Å². The molecule has 1 atom stereocenters. The molecule has 0 spiro atoms. The fraction of sp³-hybridized carbons (Fsp3) is 0.412. The fourth-order valence-corrected chi connectivity index (χ4v) is 2.86. The van der Waals surface area contributed by atoms with E-state index in [9.17, 15) is 9.90 Å². The van der Waals surface area contributed by atoms with E-state index in [2.05, 4.69) is 10.3 Å². The number of aromatic nitrogens is 1. The van der Waals surface area contributed by atoms with Crippen LogP contribution in [-0.4, -0.2) is 22.0 Å². The van der Waals surface area contributed by atoms with Gasteiger partial charge in [-0.25, -0.2) is 4.98 Å². The normalized spacial score (nSPS) is 16.4. The van der Waals surface area contributed by atoms with Gasteiger partial charge in [-0.1, -0.05) is 25.0 Å². The molecule has 4 N–H and O–H groups in total. The van der Waals surface area contributed by atoms with Crippen molar-refractivity contribution in [3.05, 3.63) is 47.7 Å². The number of aromatic hydroxyl groups is 1. The highest BCUT2D eigenvalue weighted by Gasteiger charge is 2.21. The van der Waals surface area contributed by atoms with Crippen LogP contribution in [0.15, 0.2) is 34.9 Å². The number of phenols is 1. The number of rotatable bonds is 5. The van der Waals surface area contributed by atoms with Crippen molar-refractivity contribution in [2.24, 2.45) is 5.73 Å². The Morgan fingerprint density at radius 2 is 2.04 bits per heavy atom. The average molecular weight is 315 g/mol. The Morgan fingerprint density at radius 3 is 2.74 bits per heavy atom. The lowest BCUT2D eigenvalue weighted by atomic mass is 10.1. The number of carbonyl (C=O) groups excluding carboxylic acids is 1. The summed E-state index contributed by atoms with van der Waals surface area (Å²) >= 11 is 0. The van der Waals surface area contributed by atoms with E-state index >= 15 is 0 Å². The summed E-state index contributed by atoms with van der Waals surface area (Å²) in [5, 5.41) is 12.3. The Kier molecular flexibility index (Phi) is 4.62. The van der Waals surface area contributed by atoms with Crippen LogP contribution in [-0.2, 0) is 6.42 Å². The van der Waals surface area contributed by atoms with Gasteiger partial charge in [0.15, 0.2) is 5.69 Å². The van der Waals surface area contributed by atoms with Crippen LogP contribution in [0, 0.1) is 0 Å². The van der Waals surface area contributed by atoms with Crippen molar-refractivity contribution in [2.75, 3.05) is 0 Å². The fourth-order valence-electron chi connectivity index (χ4n) is 2.86. The third-order valence-corrected chi connectivity index (χ3v) is 4.15. The molecule has 1 amide bonds. The molecule has 1 aromatic heterocycles. The number of hydrogen-bond donors (Lipinski definition) is 3. The summed E-state index contributed by atoms with van der Waals surface area (Å²) in [7, 11) is 0. The number of benzene rings is 1. The number of amides is 1. The molecule has 2 aromatic rings. The molecule has 3 rings (SSSR count). The molecule has 6 nitrogen and oxygen atoms in total. The number of oxazole rings is 1. The topological polar surface area (TPSA) is 101 Å². The molecular formula is C17H21N3O3. The Morgan fingerprint density at radius 1 is 1.35 bits per heavy atom. The molecule has 122 valence electrons. The number of nitrogens with zero attached hydrogens (tertiary/aromatic N) is 1. The van der Waals surface area contributed by atoms with Gasteiger partial charge in [0.2, 0.25) is 5.89 Å². The molecule has 1 unspecified atom stereocenters. The maximum atomic E-state index is 12.1. The highest BCUT2D eigenvalue weighted by atomic mass is 16.3. The van der Waals surface area contributed by atoms with Gasteiger partial charge in [-0.3, -0.25) is 4.79 Å². The van der Waals surface area contributed by atoms with Crippen LogP contribution in [0.2, 0.25) is 0 Å². The molecular weight excluding hydrogens is 294 g/mol. The van der Waals surface area contributed by atoms with Gasteiger partial charge in [0.05, 0.1) is 6.04 Å². The highest BCUT2D eigenvalue weighted by molar-refractivity contribution is 5.92. The number of carbonyl (C=O) groups is 1. The molecule has 23 heavy (non-hydrogen) atoms. The van der Waals surface area contributed by atoms with Gasteiger partial charge in [0, 0.05) is 6.04 Å². The lowest BCUT2D eigenvalue weighted by molar-refractivity contribution is 0.0932. The first kappa shape index (κ1) is 15.6. The lowest BCUT2D eigenvalue weighted by Crippen LogP contribution is -2.32. The third kappa shape index (κ3) is 3.90. The van der Waals surface area contributed by atoms with E-state index in [0.29, 0.717) is 12.3 Å². The lowest BCUT2D eigenvalue weighted by Gasteiger charge is -2.10. The summed E-state index contributed by atoms with van der Waals surface area (Å²) in [5.74, 6) is 0.350. The van der Waals surface area contributed by atoms with Crippen molar-refractivity contribution in [2.45, 2.75) is 44.2 Å². The van der Waals surface area contributed by atoms with Gasteiger partial charge < -0.3 is 20.6 Å². The molecule has 0 bridgehead atoms. The van der Waals surface area contributed by atoms with Crippen LogP contribution in [0.4, 0.5) is 0 Å². The Bertz CT molecular complexity index is 660. The van der Waals surface area contributed by atoms with E-state index in [1.54, 1.807) is 24.3 Å². The second-order valence-electron chi connectivity index (χ2n) is 6.00. The van der Waals surface area contributed by atoms with Crippen LogP contribution < -0.4 is 11.1 Å². The summed E-state index contributed by atoms with van der Waals surface area (Å²) < 4.78 is 5.36. The van der Waals surface area contributed by atoms with E-state index in [1.807, 2.05) is 0 Å². The van der Waals surface area contributed by atoms with Gasteiger partial charge in [0.25, 0.3) is 5.91 Å². The largest absolute Gasteiger partial charge is 0.508 e. The molecule has 1 heterocycles. The molecule has 1 aliphatic rings. The number of hydrogen-bond acceptors (Lipinski definition) is 5. The standard InChI is InChI=1S/C17H21N3O3/c18-14(9-11-5-7-13(21)8-6-11)17-20-15(10-23-17)16(22)19-12-3-1-2-4-12/h5-8,10,12,14,21H,1-4,9,18H2,(H,19,22). The van der Waals surface area contributed by atoms with Crippen molar-refractivity contribution >= 4 is 5.91 Å². The van der Waals surface area contributed by atoms with E-state index in [1.165, 1.54) is 6.26 Å². The van der Waals surface area contributed by atoms with Gasteiger partial charge in [-0.15, -0.1) is 0 Å². The van der Waals surface area contributed by atoms with Crippen LogP contribution in [0.5, 0.6) is 5.75 Å². The highest BCUT2D eigenvalue weighted by Crippen LogP contribution is 2.20. The molecule has 0 radical (unpaired) electrons. The van der Waals surface area contributed by atoms with Crippen LogP contribution >= 0.6 is 0 Å². The van der Waals surface area contributed by atoms with E-state index in [4.69, 9.17) is 10.2 Å². The first-order valence-electron chi connectivity index (χ1n) is 7.91. The summed E-state index contributed by atoms with van der Waals surface area (Å²) in [6.45, 7) is 0. The SMILES string of the molecule is NC(Cc1ccc(O)cc1)c1nc(C(=O)NC2CCCC2)co1. The minimum absolute atomic E-state index is 0.205. The zero-order valence-electron chi connectivity index (χ0n) is 12.9. The molecule has 1 saturated carbocycles. The summed E-state index contributed by atoms with van der Waals surface area (Å²) in [6, 6.07) is 6.62. The van der Waals surface area contributed by atoms with E-state index in [-0.39, 0.29) is 23.4 Å². The molecule has 1 aliphatic carbocycles. The molecule has 1 fully saturated rings. The van der Waals surface area contributed by atoms with E-state index < -0.39 is 6.04 Å². The molecule has 0 saturated heterocycles. The predicted octanol–water partition coefficient (Wildman–Crippen LogP) is 2.30. The van der Waals surface area contributed by atoms with Gasteiger partial charge >= 0.3 is 0 Å². The Balaban J connectivity index is 1.61. The van der Waals surface area contributed by atoms with Crippen molar-refractivity contribution in [1.82, 2.24) is 10.3 Å². The smallest absolute Gasteiger partial charge is 0.273 e. The van der Waals surface area contributed by atoms with Crippen molar-refractivity contribution in [1.29, 1.82) is 0 Å². The Labute approximate surface area is 134 Å². The second-order valence-corrected chi connectivity index (χ2v) is 6.00. The summed E-state index contributed by atoms with van der Waals surface area (Å²) in [4.78, 5) is 16.3. The first-order valence-corrected chi connectivity index (χ1v) is 7.91. The second kappa shape index (κ2) is 6.83. The molecule has 1 aromatic carbocycles. The van der Waals surface area contributed by atoms with Crippen LogP contribution in [0.3, 0.4) is 0 Å². The monoisotopic (exact) mass is 315 g/mol. The Hall–Kier alpha value is -2.34. The number of nitrogens with two attached hydrogens (primary N) is 1. The maximum Gasteiger partial charge on any atom is 0.273 e. The van der Waals surface area contributed by atoms with Crippen molar-refractivity contribution in [3.63, 3.8) is 0 Å². The molecule has 6 heteroatoms. The van der Waals surface area contributed by atoms with E-state index in [0.717, 1.165) is 31.2 Å². The van der Waals surface area contributed by atoms with Gasteiger partial charge in [-0.2, -0.15) is 0 Å². The van der Waals surface area contributed by atoms with Crippen LogP contribution in [0.1, 0.15) is 53.7 Å². The summed E-state index contributed by atoms with van der Waals surface area (Å²) in [5.41, 5.74) is 7.33. The quantitative estimate of drug-likeness (QED) is 0.786. The predicted molar refractivity (Wildman–Crippen MR) is 85.0 cm³/mol. The third-order valence-electron chi connectivity index (χ3n) is 4.15. The molecule has 0 aliphatic heterocycles. The number of nitrogens with one attached hydrogen (secondary N) is 1. The van der Waals surface area contributed by atoms with Crippen molar-refractivity contribution < 1.29 is 14.3 Å². The van der Waals surface area contributed by atoms with Gasteiger partial charge in [0.1, 0.15) is 12.0 Å². The minimum atomic E-state index is -0.437. The average Bonchev–Trinajstić information content (AvgIpc) is 3.20. The zero-order valence-corrected chi connectivity index (χ0v) is 12.9. The van der Waals surface area contributed by atoms with Crippen molar-refractivity contribution in [3.8, 4) is 5.75 Å². The zero-order chi connectivity index (χ0) is 16.2. The number of phenolic OH excluding ortho intramolecular Hbond substituents is 1. The maximum absolute atomic E-state index is 12.1. The first-order chi connectivity index (χ1) is 11.1.